The first-order valence-corrected chi connectivity index (χ1v) is 12.2. The van der Waals surface area contributed by atoms with Gasteiger partial charge in [0.05, 0.1) is 12.2 Å². The lowest BCUT2D eigenvalue weighted by Crippen LogP contribution is -2.36. The Bertz CT molecular complexity index is 719. The lowest BCUT2D eigenvalue weighted by Gasteiger charge is -2.44. The van der Waals surface area contributed by atoms with Crippen LogP contribution < -0.4 is 0 Å². The fraction of sp³-hybridized carbons (Fsp3) is 0.778. The lowest BCUT2D eigenvalue weighted by atomic mass is 9.60. The van der Waals surface area contributed by atoms with E-state index in [9.17, 15) is 19.0 Å². The molecule has 3 saturated carbocycles. The molecule has 176 valence electrons. The van der Waals surface area contributed by atoms with Crippen molar-refractivity contribution in [1.29, 1.82) is 0 Å². The highest BCUT2D eigenvalue weighted by Gasteiger charge is 2.50. The van der Waals surface area contributed by atoms with Gasteiger partial charge in [-0.1, -0.05) is 38.2 Å². The van der Waals surface area contributed by atoms with Crippen molar-refractivity contribution in [3.8, 4) is 0 Å². The van der Waals surface area contributed by atoms with Crippen LogP contribution in [0.4, 0.5) is 8.78 Å². The number of hydrogen-bond donors (Lipinski definition) is 2. The predicted octanol–water partition coefficient (Wildman–Crippen LogP) is 6.63. The average molecular weight is 437 g/mol. The Morgan fingerprint density at radius 1 is 1.23 bits per heavy atom. The normalized spacial score (nSPS) is 39.0. The van der Waals surface area contributed by atoms with Crippen LogP contribution in [0.1, 0.15) is 85.5 Å². The molecule has 0 aromatic carbocycles. The average Bonchev–Trinajstić information content (AvgIpc) is 3.04. The van der Waals surface area contributed by atoms with Gasteiger partial charge >= 0.3 is 0 Å². The summed E-state index contributed by atoms with van der Waals surface area (Å²) in [6.07, 6.45) is 9.42. The predicted molar refractivity (Wildman–Crippen MR) is 123 cm³/mol. The van der Waals surface area contributed by atoms with E-state index >= 15 is 0 Å². The van der Waals surface area contributed by atoms with Crippen LogP contribution >= 0.6 is 0 Å². The topological polar surface area (TPSA) is 40.5 Å². The van der Waals surface area contributed by atoms with Crippen LogP contribution in [0.5, 0.6) is 0 Å². The van der Waals surface area contributed by atoms with Gasteiger partial charge in [0.2, 0.25) is 0 Å². The van der Waals surface area contributed by atoms with Gasteiger partial charge in [0.1, 0.15) is 11.8 Å². The third-order valence-electron chi connectivity index (χ3n) is 8.61. The largest absolute Gasteiger partial charge is 0.393 e. The zero-order valence-electron chi connectivity index (χ0n) is 19.8. The minimum absolute atomic E-state index is 0.210. The van der Waals surface area contributed by atoms with Gasteiger partial charge in [0, 0.05) is 6.42 Å². The Hall–Kier alpha value is -1.00. The standard InChI is InChI=1S/C27H42F2O2/c1-17(8-13-25(28)26(3,4)29)22-11-12-23-19(7-6-14-27(22,23)5)9-10-20-15-21(30)16-24(31)18(20)2/h9-10,17,21-25,30-31H,2,6-8,11-16H2,1,3-5H3/b19-9?,20-10-/t17-,21-,22-,23?,24-,25?,27-/m1/s1. The third kappa shape index (κ3) is 5.33. The molecular weight excluding hydrogens is 394 g/mol. The number of hydrogen-bond acceptors (Lipinski definition) is 2. The van der Waals surface area contributed by atoms with Crippen molar-refractivity contribution in [3.05, 3.63) is 35.5 Å². The molecule has 0 aliphatic heterocycles. The summed E-state index contributed by atoms with van der Waals surface area (Å²) >= 11 is 0. The molecule has 0 heterocycles. The van der Waals surface area contributed by atoms with Gasteiger partial charge in [-0.05, 0) is 99.5 Å². The zero-order valence-corrected chi connectivity index (χ0v) is 19.8. The van der Waals surface area contributed by atoms with E-state index in [0.29, 0.717) is 37.0 Å². The number of aliphatic hydroxyl groups excluding tert-OH is 2. The summed E-state index contributed by atoms with van der Waals surface area (Å²) < 4.78 is 28.1. The SMILES string of the molecule is C=C1/C(=C\C=C2CCC[C@@]3(C)C2CC[C@@H]3[C@H](C)CCC(F)C(C)(C)F)C[C@@H](O)C[C@H]1O. The number of alkyl halides is 2. The van der Waals surface area contributed by atoms with Gasteiger partial charge < -0.3 is 10.2 Å². The monoisotopic (exact) mass is 436 g/mol. The first kappa shape index (κ1) is 24.6. The second kappa shape index (κ2) is 9.47. The molecule has 4 heteroatoms. The fourth-order valence-corrected chi connectivity index (χ4v) is 6.63. The van der Waals surface area contributed by atoms with Gasteiger partial charge in [0.15, 0.2) is 0 Å². The number of fused-ring (bicyclic) bond motifs is 1. The van der Waals surface area contributed by atoms with E-state index in [-0.39, 0.29) is 5.41 Å². The maximum absolute atomic E-state index is 14.2. The van der Waals surface area contributed by atoms with E-state index in [1.807, 2.05) is 0 Å². The molecule has 31 heavy (non-hydrogen) atoms. The smallest absolute Gasteiger partial charge is 0.136 e. The van der Waals surface area contributed by atoms with Gasteiger partial charge in [-0.15, -0.1) is 0 Å². The van der Waals surface area contributed by atoms with Crippen molar-refractivity contribution >= 4 is 0 Å². The quantitative estimate of drug-likeness (QED) is 0.490. The second-order valence-electron chi connectivity index (χ2n) is 11.3. The van der Waals surface area contributed by atoms with Crippen LogP contribution in [0, 0.1) is 23.2 Å². The van der Waals surface area contributed by atoms with Gasteiger partial charge in [-0.25, -0.2) is 8.78 Å². The molecule has 0 amide bonds. The number of rotatable bonds is 6. The van der Waals surface area contributed by atoms with Crippen molar-refractivity contribution in [2.75, 3.05) is 0 Å². The molecule has 2 N–H and O–H groups in total. The van der Waals surface area contributed by atoms with E-state index in [2.05, 4.69) is 32.6 Å². The molecule has 2 unspecified atom stereocenters. The molecule has 0 saturated heterocycles. The van der Waals surface area contributed by atoms with Gasteiger partial charge in [-0.3, -0.25) is 0 Å². The Kier molecular flexibility index (Phi) is 7.53. The highest BCUT2D eigenvalue weighted by molar-refractivity contribution is 5.38. The number of aliphatic hydroxyl groups is 2. The van der Waals surface area contributed by atoms with Crippen molar-refractivity contribution in [2.45, 2.75) is 110 Å². The summed E-state index contributed by atoms with van der Waals surface area (Å²) in [5.41, 5.74) is 1.60. The van der Waals surface area contributed by atoms with Crippen molar-refractivity contribution in [2.24, 2.45) is 23.2 Å². The van der Waals surface area contributed by atoms with E-state index in [1.165, 1.54) is 25.8 Å². The third-order valence-corrected chi connectivity index (χ3v) is 8.61. The maximum Gasteiger partial charge on any atom is 0.136 e. The minimum atomic E-state index is -1.76. The summed E-state index contributed by atoms with van der Waals surface area (Å²) in [5.74, 6) is 1.45. The summed E-state index contributed by atoms with van der Waals surface area (Å²) in [6, 6.07) is 0. The molecule has 3 rings (SSSR count). The summed E-state index contributed by atoms with van der Waals surface area (Å²) in [4.78, 5) is 0. The Morgan fingerprint density at radius 3 is 2.61 bits per heavy atom. The molecule has 0 aromatic heterocycles. The van der Waals surface area contributed by atoms with Crippen LogP contribution in [0.3, 0.4) is 0 Å². The van der Waals surface area contributed by atoms with Crippen LogP contribution in [0.2, 0.25) is 0 Å². The number of halogens is 2. The Labute approximate surface area is 187 Å². The van der Waals surface area contributed by atoms with E-state index in [1.54, 1.807) is 0 Å². The van der Waals surface area contributed by atoms with Crippen LogP contribution in [-0.2, 0) is 0 Å². The second-order valence-corrected chi connectivity index (χ2v) is 11.3. The number of allylic oxidation sites excluding steroid dienone is 3. The zero-order chi connectivity index (χ0) is 23.0. The molecule has 2 nitrogen and oxygen atoms in total. The molecule has 3 aliphatic carbocycles. The van der Waals surface area contributed by atoms with Crippen molar-refractivity contribution < 1.29 is 19.0 Å². The lowest BCUT2D eigenvalue weighted by molar-refractivity contribution is 0.0581. The van der Waals surface area contributed by atoms with E-state index in [0.717, 1.165) is 43.3 Å². The summed E-state index contributed by atoms with van der Waals surface area (Å²) in [6.45, 7) is 11.3. The first-order valence-electron chi connectivity index (χ1n) is 12.2. The fourth-order valence-electron chi connectivity index (χ4n) is 6.63. The van der Waals surface area contributed by atoms with E-state index < -0.39 is 24.0 Å². The van der Waals surface area contributed by atoms with Crippen LogP contribution in [-0.4, -0.2) is 34.3 Å². The van der Waals surface area contributed by atoms with Crippen LogP contribution in [0.25, 0.3) is 0 Å². The van der Waals surface area contributed by atoms with Gasteiger partial charge in [0.25, 0.3) is 0 Å². The molecular formula is C27H42F2O2. The Morgan fingerprint density at radius 2 is 1.94 bits per heavy atom. The van der Waals surface area contributed by atoms with Crippen LogP contribution in [0.15, 0.2) is 35.5 Å². The highest BCUT2D eigenvalue weighted by atomic mass is 19.2. The van der Waals surface area contributed by atoms with Crippen molar-refractivity contribution in [3.63, 3.8) is 0 Å². The maximum atomic E-state index is 14.2. The highest BCUT2D eigenvalue weighted by Crippen LogP contribution is 2.60. The molecule has 3 aliphatic rings. The molecule has 0 aromatic rings. The molecule has 3 fully saturated rings. The van der Waals surface area contributed by atoms with Crippen molar-refractivity contribution in [1.82, 2.24) is 0 Å². The summed E-state index contributed by atoms with van der Waals surface area (Å²) in [7, 11) is 0. The molecule has 7 atom stereocenters. The van der Waals surface area contributed by atoms with E-state index in [4.69, 9.17) is 0 Å². The molecule has 0 spiro atoms. The summed E-state index contributed by atoms with van der Waals surface area (Å²) in [5, 5.41) is 20.1. The molecule has 0 radical (unpaired) electrons. The molecule has 0 bridgehead atoms. The Balaban J connectivity index is 1.71. The van der Waals surface area contributed by atoms with Gasteiger partial charge in [-0.2, -0.15) is 0 Å². The minimum Gasteiger partial charge on any atom is -0.393 e. The first-order chi connectivity index (χ1) is 14.4.